The van der Waals surface area contributed by atoms with Crippen molar-refractivity contribution in [2.45, 2.75) is 28.7 Å². The number of aryl methyl sites for hydroxylation is 1. The average Bonchev–Trinajstić information content (AvgIpc) is 3.63. The summed E-state index contributed by atoms with van der Waals surface area (Å²) in [7, 11) is 1.78. The van der Waals surface area contributed by atoms with Gasteiger partial charge in [-0.2, -0.15) is 0 Å². The molecule has 2 aromatic carbocycles. The zero-order valence-electron chi connectivity index (χ0n) is 25.6. The van der Waals surface area contributed by atoms with Gasteiger partial charge in [0.15, 0.2) is 0 Å². The molecule has 2 aromatic heterocycles. The van der Waals surface area contributed by atoms with Crippen molar-refractivity contribution in [2.75, 3.05) is 18.1 Å². The summed E-state index contributed by atoms with van der Waals surface area (Å²) in [6, 6.07) is 15.5. The second kappa shape index (κ2) is 30.3. The van der Waals surface area contributed by atoms with Crippen molar-refractivity contribution in [3.8, 4) is 22.5 Å². The number of hydrogen-bond acceptors (Lipinski definition) is 9. The minimum atomic E-state index is -0.434. The third-order valence-corrected chi connectivity index (χ3v) is 5.77. The Kier molecular flexibility index (Phi) is 35.0. The van der Waals surface area contributed by atoms with Crippen molar-refractivity contribution in [2.24, 2.45) is 7.05 Å². The number of H-pyrrole nitrogens is 1. The van der Waals surface area contributed by atoms with Crippen LogP contribution in [-0.2, 0) is 26.2 Å². The fraction of sp³-hybridized carbons (Fsp3) is 0.276. The van der Waals surface area contributed by atoms with Gasteiger partial charge in [0.2, 0.25) is 11.6 Å². The zero-order valence-corrected chi connectivity index (χ0v) is 36.2. The fourth-order valence-corrected chi connectivity index (χ4v) is 3.54. The molecule has 0 fully saturated rings. The van der Waals surface area contributed by atoms with E-state index in [2.05, 4.69) is 74.3 Å². The first kappa shape index (κ1) is 52.0. The summed E-state index contributed by atoms with van der Waals surface area (Å²) in [5.41, 5.74) is 3.48. The van der Waals surface area contributed by atoms with Crippen LogP contribution in [0.15, 0.2) is 69.9 Å². The number of alkyl halides is 1. The largest absolute Gasteiger partial charge is 1.00 e. The minimum absolute atomic E-state index is 0. The van der Waals surface area contributed by atoms with E-state index in [1.54, 1.807) is 31.7 Å². The zero-order chi connectivity index (χ0) is 30.8. The Balaban J connectivity index is -0.000000190. The standard InChI is InChI=1S/C13H13BrN2O2.C12H11BrN2O2.CH3I.CH2O3.2CH4.2K.H/c1-3-18-13(17)12-15-11(8-16(12)2)9-4-6-10(14)7-5-9;1-2-17-12(16)11-14-7-10(15-11)8-3-5-9(13)6-4-8;1-2;2-1-4-3;;;;;/h4-8H,3H2,1-2H3;3-7H,2H2,1H3,(H,14,15);1H3;1,3H;2*1H4;;;/q;;;;;;2*+1;-1/p-1. The Labute approximate surface area is 382 Å². The molecule has 2 heterocycles. The normalized spacial score (nSPS) is 8.62. The Hall–Kier alpha value is 0.193. The maximum Gasteiger partial charge on any atom is 1.00 e. The van der Waals surface area contributed by atoms with Crippen LogP contribution in [0.1, 0.15) is 51.4 Å². The van der Waals surface area contributed by atoms with E-state index in [0.29, 0.717) is 19.0 Å². The Morgan fingerprint density at radius 3 is 1.82 bits per heavy atom. The van der Waals surface area contributed by atoms with E-state index in [0.717, 1.165) is 31.5 Å². The molecule has 0 unspecified atom stereocenters. The molecular formula is C29H37Br2IK2N4O7. The number of rotatable bonds is 7. The molecule has 0 radical (unpaired) electrons. The second-order valence-electron chi connectivity index (χ2n) is 7.35. The molecule has 0 aliphatic carbocycles. The molecule has 0 saturated heterocycles. The molecule has 0 bridgehead atoms. The number of imidazole rings is 2. The number of ether oxygens (including phenoxy) is 2. The first-order chi connectivity index (χ1) is 19.7. The van der Waals surface area contributed by atoms with Gasteiger partial charge in [-0.25, -0.2) is 19.6 Å². The van der Waals surface area contributed by atoms with Crippen molar-refractivity contribution in [3.63, 3.8) is 0 Å². The summed E-state index contributed by atoms with van der Waals surface area (Å²) in [5, 5.41) is 8.43. The van der Waals surface area contributed by atoms with Crippen LogP contribution in [0, 0.1) is 0 Å². The van der Waals surface area contributed by atoms with Crippen molar-refractivity contribution < 1.29 is 138 Å². The van der Waals surface area contributed by atoms with E-state index >= 15 is 0 Å². The molecule has 0 aliphatic heterocycles. The number of benzene rings is 2. The number of aromatic nitrogens is 4. The summed E-state index contributed by atoms with van der Waals surface area (Å²) in [6.07, 6.45) is 3.44. The predicted octanol–water partition coefficient (Wildman–Crippen LogP) is 0.921. The molecule has 16 heteroatoms. The van der Waals surface area contributed by atoms with Crippen LogP contribution in [0.4, 0.5) is 0 Å². The summed E-state index contributed by atoms with van der Waals surface area (Å²) >= 11 is 8.90. The average molecular weight is 919 g/mol. The van der Waals surface area contributed by atoms with Gasteiger partial charge in [0.05, 0.1) is 30.8 Å². The number of aromatic amines is 1. The van der Waals surface area contributed by atoms with Gasteiger partial charge in [-0.05, 0) is 48.6 Å². The summed E-state index contributed by atoms with van der Waals surface area (Å²) in [4.78, 5) is 47.5. The molecule has 4 aromatic rings. The summed E-state index contributed by atoms with van der Waals surface area (Å²) in [5.74, 6) is -0.293. The molecule has 45 heavy (non-hydrogen) atoms. The molecule has 238 valence electrons. The second-order valence-corrected chi connectivity index (χ2v) is 9.18. The molecular weight excluding hydrogens is 881 g/mol. The molecule has 11 nitrogen and oxygen atoms in total. The van der Waals surface area contributed by atoms with Crippen LogP contribution in [-0.4, -0.2) is 56.1 Å². The van der Waals surface area contributed by atoms with Gasteiger partial charge in [-0.1, -0.05) is 93.6 Å². The van der Waals surface area contributed by atoms with Crippen LogP contribution in [0.3, 0.4) is 0 Å². The van der Waals surface area contributed by atoms with Crippen LogP contribution >= 0.6 is 54.5 Å². The summed E-state index contributed by atoms with van der Waals surface area (Å²) in [6.45, 7) is 4.04. The maximum atomic E-state index is 11.7. The minimum Gasteiger partial charge on any atom is -1.00 e. The third-order valence-electron chi connectivity index (χ3n) is 4.71. The smallest absolute Gasteiger partial charge is 1.00 e. The van der Waals surface area contributed by atoms with E-state index in [1.807, 2.05) is 59.7 Å². The van der Waals surface area contributed by atoms with Gasteiger partial charge < -0.3 is 30.6 Å². The molecule has 1 N–H and O–H groups in total. The molecule has 0 spiro atoms. The van der Waals surface area contributed by atoms with Crippen molar-refractivity contribution in [1.29, 1.82) is 0 Å². The van der Waals surface area contributed by atoms with E-state index in [-0.39, 0.29) is 131 Å². The van der Waals surface area contributed by atoms with Crippen LogP contribution in [0.5, 0.6) is 0 Å². The van der Waals surface area contributed by atoms with Gasteiger partial charge in [0, 0.05) is 27.8 Å². The predicted molar refractivity (Wildman–Crippen MR) is 182 cm³/mol. The molecule has 0 saturated carbocycles. The van der Waals surface area contributed by atoms with Crippen molar-refractivity contribution in [3.05, 3.63) is 81.5 Å². The topological polar surface area (TPSA) is 148 Å². The number of hydrogen-bond donors (Lipinski definition) is 1. The monoisotopic (exact) mass is 916 g/mol. The van der Waals surface area contributed by atoms with Gasteiger partial charge in [-0.15, -0.1) is 0 Å². The maximum absolute atomic E-state index is 11.7. The van der Waals surface area contributed by atoms with Crippen LogP contribution in [0.25, 0.3) is 22.5 Å². The molecule has 4 rings (SSSR count). The molecule has 0 atom stereocenters. The van der Waals surface area contributed by atoms with E-state index < -0.39 is 11.9 Å². The first-order valence-electron chi connectivity index (χ1n) is 11.8. The first-order valence-corrected chi connectivity index (χ1v) is 15.5. The number of esters is 2. The van der Waals surface area contributed by atoms with Crippen LogP contribution < -0.4 is 108 Å². The fourth-order valence-electron chi connectivity index (χ4n) is 3.01. The van der Waals surface area contributed by atoms with Crippen molar-refractivity contribution >= 4 is 72.9 Å². The number of nitrogens with zero attached hydrogens (tertiary/aromatic N) is 3. The van der Waals surface area contributed by atoms with Gasteiger partial charge in [-0.3, -0.25) is 4.79 Å². The van der Waals surface area contributed by atoms with Gasteiger partial charge in [0.1, 0.15) is 0 Å². The number of carbonyl (C=O) groups is 3. The van der Waals surface area contributed by atoms with Gasteiger partial charge in [0.25, 0.3) is 6.47 Å². The Morgan fingerprint density at radius 2 is 1.38 bits per heavy atom. The Bertz CT molecular complexity index is 1380. The number of halogens is 3. The Morgan fingerprint density at radius 1 is 0.933 bits per heavy atom. The molecule has 0 amide bonds. The van der Waals surface area contributed by atoms with Gasteiger partial charge >= 0.3 is 115 Å². The number of nitrogens with one attached hydrogen (secondary N) is 1. The summed E-state index contributed by atoms with van der Waals surface area (Å²) < 4.78 is 13.5. The van der Waals surface area contributed by atoms with E-state index in [4.69, 9.17) is 19.5 Å². The van der Waals surface area contributed by atoms with E-state index in [9.17, 15) is 9.59 Å². The van der Waals surface area contributed by atoms with Crippen molar-refractivity contribution in [1.82, 2.24) is 19.5 Å². The SMILES string of the molecule is C.C.CCOC(=O)c1nc(-c2ccc(Br)cc2)cn1C.CCOC(=O)c1ncc(-c2ccc(Br)cc2)[nH]1.CI.O=CO[O-].[H-].[K+].[K+]. The molecule has 0 aliphatic rings. The van der Waals surface area contributed by atoms with E-state index in [1.165, 1.54) is 0 Å². The van der Waals surface area contributed by atoms with Crippen LogP contribution in [0.2, 0.25) is 0 Å². The third kappa shape index (κ3) is 19.1. The quantitative estimate of drug-likeness (QED) is 0.0544. The number of carbonyl (C=O) groups excluding carboxylic acids is 3.